The van der Waals surface area contributed by atoms with Gasteiger partial charge in [0.15, 0.2) is 0 Å². The van der Waals surface area contributed by atoms with E-state index in [0.29, 0.717) is 6.61 Å². The van der Waals surface area contributed by atoms with E-state index < -0.39 is 0 Å². The van der Waals surface area contributed by atoms with Gasteiger partial charge >= 0.3 is 6.03 Å². The molecule has 126 valence electrons. The Bertz CT molecular complexity index is 691. The number of hydrogen-bond acceptors (Lipinski definition) is 3. The molecule has 2 aromatic carbocycles. The van der Waals surface area contributed by atoms with Gasteiger partial charge in [-0.3, -0.25) is 0 Å². The van der Waals surface area contributed by atoms with Gasteiger partial charge in [-0.25, -0.2) is 4.79 Å². The Hall–Kier alpha value is -2.14. The number of benzene rings is 2. The number of ether oxygens (including phenoxy) is 1. The smallest absolute Gasteiger partial charge is 0.320 e. The van der Waals surface area contributed by atoms with Crippen LogP contribution in [0, 0.1) is 0 Å². The molecule has 0 saturated carbocycles. The van der Waals surface area contributed by atoms with Crippen molar-refractivity contribution in [1.82, 2.24) is 9.80 Å². The van der Waals surface area contributed by atoms with E-state index in [1.54, 1.807) is 30.8 Å². The number of rotatable bonds is 4. The first-order chi connectivity index (χ1) is 11.6. The summed E-state index contributed by atoms with van der Waals surface area (Å²) in [6.07, 6.45) is 0. The van der Waals surface area contributed by atoms with Gasteiger partial charge in [0.05, 0.1) is 0 Å². The summed E-state index contributed by atoms with van der Waals surface area (Å²) in [5, 5.41) is 0.0557. The van der Waals surface area contributed by atoms with Crippen LogP contribution in [0.15, 0.2) is 54.6 Å². The van der Waals surface area contributed by atoms with Crippen LogP contribution in [0.25, 0.3) is 0 Å². The number of hydrogen-bond donors (Lipinski definition) is 0. The minimum absolute atomic E-state index is 0.0557. The quantitative estimate of drug-likeness (QED) is 0.842. The normalized spacial score (nSPS) is 16.9. The van der Waals surface area contributed by atoms with Crippen molar-refractivity contribution in [2.45, 2.75) is 12.0 Å². The van der Waals surface area contributed by atoms with Crippen LogP contribution in [0.1, 0.15) is 16.5 Å². The van der Waals surface area contributed by atoms with Crippen LogP contribution in [-0.2, 0) is 6.61 Å². The highest BCUT2D eigenvalue weighted by molar-refractivity contribution is 7.99. The Morgan fingerprint density at radius 1 is 1.21 bits per heavy atom. The van der Waals surface area contributed by atoms with Gasteiger partial charge in [0.25, 0.3) is 0 Å². The van der Waals surface area contributed by atoms with Gasteiger partial charge in [-0.15, -0.1) is 11.8 Å². The average Bonchev–Trinajstić information content (AvgIpc) is 3.10. The SMILES string of the molecule is CN(C)C(=O)N1CCSC1c1cccc(OCc2ccccc2)c1. The summed E-state index contributed by atoms with van der Waals surface area (Å²) in [4.78, 5) is 15.9. The molecule has 1 unspecified atom stereocenters. The fourth-order valence-corrected chi connectivity index (χ4v) is 3.94. The highest BCUT2D eigenvalue weighted by atomic mass is 32.2. The van der Waals surface area contributed by atoms with Crippen LogP contribution < -0.4 is 4.74 Å². The van der Waals surface area contributed by atoms with E-state index in [2.05, 4.69) is 6.07 Å². The van der Waals surface area contributed by atoms with Gasteiger partial charge in [-0.05, 0) is 23.3 Å². The van der Waals surface area contributed by atoms with E-state index in [9.17, 15) is 4.79 Å². The van der Waals surface area contributed by atoms with Crippen LogP contribution in [0.3, 0.4) is 0 Å². The molecule has 1 fully saturated rings. The Balaban J connectivity index is 1.71. The summed E-state index contributed by atoms with van der Waals surface area (Å²) in [7, 11) is 3.59. The number of carbonyl (C=O) groups excluding carboxylic acids is 1. The Morgan fingerprint density at radius 2 is 2.00 bits per heavy atom. The molecule has 2 aromatic rings. The topological polar surface area (TPSA) is 32.8 Å². The minimum Gasteiger partial charge on any atom is -0.489 e. The van der Waals surface area contributed by atoms with Gasteiger partial charge in [0.1, 0.15) is 17.7 Å². The third-order valence-electron chi connectivity index (χ3n) is 3.91. The summed E-state index contributed by atoms with van der Waals surface area (Å²) in [6, 6.07) is 18.2. The molecule has 1 saturated heterocycles. The van der Waals surface area contributed by atoms with Crippen molar-refractivity contribution in [2.75, 3.05) is 26.4 Å². The number of thioether (sulfide) groups is 1. The molecule has 0 radical (unpaired) electrons. The van der Waals surface area contributed by atoms with E-state index in [1.807, 2.05) is 53.4 Å². The van der Waals surface area contributed by atoms with E-state index in [4.69, 9.17) is 4.74 Å². The molecule has 2 amide bonds. The van der Waals surface area contributed by atoms with Gasteiger partial charge in [0.2, 0.25) is 0 Å². The van der Waals surface area contributed by atoms with Gasteiger partial charge in [-0.2, -0.15) is 0 Å². The van der Waals surface area contributed by atoms with Crippen LogP contribution in [0.4, 0.5) is 4.79 Å². The fraction of sp³-hybridized carbons (Fsp3) is 0.316. The van der Waals surface area contributed by atoms with Crippen molar-refractivity contribution in [1.29, 1.82) is 0 Å². The molecular weight excluding hydrogens is 320 g/mol. The van der Waals surface area contributed by atoms with Gasteiger partial charge in [-0.1, -0.05) is 42.5 Å². The summed E-state index contributed by atoms with van der Waals surface area (Å²) in [5.41, 5.74) is 2.25. The average molecular weight is 342 g/mol. The predicted molar refractivity (Wildman–Crippen MR) is 98.2 cm³/mol. The molecule has 1 heterocycles. The molecule has 1 atom stereocenters. The monoisotopic (exact) mass is 342 g/mol. The first-order valence-corrected chi connectivity index (χ1v) is 9.06. The number of carbonyl (C=O) groups is 1. The van der Waals surface area contributed by atoms with E-state index in [1.165, 1.54) is 0 Å². The van der Waals surface area contributed by atoms with Crippen molar-refractivity contribution in [3.8, 4) is 5.75 Å². The maximum absolute atomic E-state index is 12.3. The summed E-state index contributed by atoms with van der Waals surface area (Å²) < 4.78 is 5.91. The van der Waals surface area contributed by atoms with E-state index in [-0.39, 0.29) is 11.4 Å². The lowest BCUT2D eigenvalue weighted by Crippen LogP contribution is -2.38. The molecule has 0 bridgehead atoms. The van der Waals surface area contributed by atoms with Crippen molar-refractivity contribution < 1.29 is 9.53 Å². The highest BCUT2D eigenvalue weighted by Crippen LogP contribution is 2.39. The van der Waals surface area contributed by atoms with Crippen LogP contribution in [0.2, 0.25) is 0 Å². The lowest BCUT2D eigenvalue weighted by molar-refractivity contribution is 0.173. The maximum atomic E-state index is 12.3. The lowest BCUT2D eigenvalue weighted by Gasteiger charge is -2.27. The molecule has 4 nitrogen and oxygen atoms in total. The molecule has 0 aromatic heterocycles. The Kier molecular flexibility index (Phi) is 5.30. The molecular formula is C19H22N2O2S. The molecule has 0 spiro atoms. The third kappa shape index (κ3) is 3.85. The minimum atomic E-state index is 0.0557. The van der Waals surface area contributed by atoms with Crippen molar-refractivity contribution in [3.63, 3.8) is 0 Å². The molecule has 0 N–H and O–H groups in total. The van der Waals surface area contributed by atoms with E-state index >= 15 is 0 Å². The number of amides is 2. The van der Waals surface area contributed by atoms with Crippen molar-refractivity contribution in [2.24, 2.45) is 0 Å². The zero-order chi connectivity index (χ0) is 16.9. The zero-order valence-corrected chi connectivity index (χ0v) is 14.8. The maximum Gasteiger partial charge on any atom is 0.320 e. The molecule has 0 aliphatic carbocycles. The fourth-order valence-electron chi connectivity index (χ4n) is 2.70. The first kappa shape index (κ1) is 16.7. The van der Waals surface area contributed by atoms with Crippen molar-refractivity contribution >= 4 is 17.8 Å². The standard InChI is InChI=1S/C19H22N2O2S/c1-20(2)19(22)21-11-12-24-18(21)16-9-6-10-17(13-16)23-14-15-7-4-3-5-8-15/h3-10,13,18H,11-12,14H2,1-2H3. The second-order valence-corrected chi connectivity index (χ2v) is 7.13. The van der Waals surface area contributed by atoms with Gasteiger partial charge in [0, 0.05) is 26.4 Å². The summed E-state index contributed by atoms with van der Waals surface area (Å²) >= 11 is 1.80. The predicted octanol–water partition coefficient (Wildman–Crippen LogP) is 3.99. The van der Waals surface area contributed by atoms with Crippen LogP contribution >= 0.6 is 11.8 Å². The molecule has 3 rings (SSSR count). The largest absolute Gasteiger partial charge is 0.489 e. The van der Waals surface area contributed by atoms with Gasteiger partial charge < -0.3 is 14.5 Å². The second kappa shape index (κ2) is 7.62. The van der Waals surface area contributed by atoms with E-state index in [0.717, 1.165) is 29.2 Å². The Morgan fingerprint density at radius 3 is 2.75 bits per heavy atom. The van der Waals surface area contributed by atoms with Crippen LogP contribution in [-0.4, -0.2) is 42.2 Å². The molecule has 1 aliphatic heterocycles. The Labute approximate surface area is 147 Å². The lowest BCUT2D eigenvalue weighted by atomic mass is 10.2. The zero-order valence-electron chi connectivity index (χ0n) is 14.0. The summed E-state index contributed by atoms with van der Waals surface area (Å²) in [5.74, 6) is 1.79. The molecule has 5 heteroatoms. The molecule has 24 heavy (non-hydrogen) atoms. The second-order valence-electron chi connectivity index (χ2n) is 5.94. The van der Waals surface area contributed by atoms with Crippen molar-refractivity contribution in [3.05, 3.63) is 65.7 Å². The highest BCUT2D eigenvalue weighted by Gasteiger charge is 2.31. The first-order valence-electron chi connectivity index (χ1n) is 8.01. The third-order valence-corrected chi connectivity index (χ3v) is 5.17. The number of urea groups is 1. The number of nitrogens with zero attached hydrogens (tertiary/aromatic N) is 2. The van der Waals surface area contributed by atoms with Crippen LogP contribution in [0.5, 0.6) is 5.75 Å². The molecule has 1 aliphatic rings. The summed E-state index contributed by atoms with van der Waals surface area (Å²) in [6.45, 7) is 1.32.